The van der Waals surface area contributed by atoms with E-state index >= 15 is 0 Å². The number of amides is 1. The van der Waals surface area contributed by atoms with Crippen LogP contribution in [0.4, 0.5) is 0 Å². The summed E-state index contributed by atoms with van der Waals surface area (Å²) in [6.07, 6.45) is 11.5. The topological polar surface area (TPSA) is 33.2 Å². The first kappa shape index (κ1) is 14.7. The van der Waals surface area contributed by atoms with Crippen LogP contribution in [0.1, 0.15) is 71.7 Å². The van der Waals surface area contributed by atoms with Crippen LogP contribution in [0.25, 0.3) is 0 Å². The molecule has 1 atom stereocenters. The summed E-state index contributed by atoms with van der Waals surface area (Å²) in [6, 6.07) is 0.503. The van der Waals surface area contributed by atoms with E-state index in [-0.39, 0.29) is 5.91 Å². The van der Waals surface area contributed by atoms with Crippen molar-refractivity contribution in [2.45, 2.75) is 70.8 Å². The molecule has 0 N–H and O–H groups in total. The van der Waals surface area contributed by atoms with Crippen LogP contribution in [-0.2, 0) is 6.42 Å². The Hall–Kier alpha value is -0.900. The van der Waals surface area contributed by atoms with E-state index in [1.54, 1.807) is 11.3 Å². The molecule has 4 rings (SSSR count). The normalized spacial score (nSPS) is 26.0. The Morgan fingerprint density at radius 3 is 2.68 bits per heavy atom. The number of hydrogen-bond donors (Lipinski definition) is 0. The van der Waals surface area contributed by atoms with E-state index in [1.807, 2.05) is 6.92 Å². The van der Waals surface area contributed by atoms with Crippen molar-refractivity contribution < 1.29 is 4.79 Å². The molecule has 4 heteroatoms. The number of hydrogen-bond acceptors (Lipinski definition) is 3. The largest absolute Gasteiger partial charge is 0.335 e. The molecule has 22 heavy (non-hydrogen) atoms. The fraction of sp³-hybridized carbons (Fsp3) is 0.778. The lowest BCUT2D eigenvalue weighted by atomic mass is 9.96. The number of thiazole rings is 1. The van der Waals surface area contributed by atoms with Crippen LogP contribution in [0, 0.1) is 18.8 Å². The Morgan fingerprint density at radius 2 is 1.95 bits per heavy atom. The molecule has 2 aliphatic carbocycles. The van der Waals surface area contributed by atoms with Crippen molar-refractivity contribution in [2.24, 2.45) is 11.8 Å². The summed E-state index contributed by atoms with van der Waals surface area (Å²) < 4.78 is 0. The highest BCUT2D eigenvalue weighted by molar-refractivity contribution is 7.13. The number of aryl methyl sites for hydroxylation is 1. The molecule has 1 aromatic heterocycles. The second-order valence-electron chi connectivity index (χ2n) is 7.42. The molecular formula is C18H26N2OS. The summed E-state index contributed by atoms with van der Waals surface area (Å²) in [5, 5.41) is 1.18. The predicted octanol–water partition coefficient (Wildman–Crippen LogP) is 4.20. The van der Waals surface area contributed by atoms with Gasteiger partial charge in [0.15, 0.2) is 0 Å². The smallest absolute Gasteiger partial charge is 0.266 e. The average Bonchev–Trinajstić information content (AvgIpc) is 2.96. The molecule has 1 aliphatic heterocycles. The van der Waals surface area contributed by atoms with E-state index in [0.29, 0.717) is 6.04 Å². The molecule has 2 heterocycles. The molecule has 3 nitrogen and oxygen atoms in total. The first-order chi connectivity index (χ1) is 10.7. The second-order valence-corrected chi connectivity index (χ2v) is 8.51. The van der Waals surface area contributed by atoms with E-state index in [4.69, 9.17) is 0 Å². The third-order valence-corrected chi connectivity index (χ3v) is 6.87. The summed E-state index contributed by atoms with van der Waals surface area (Å²) in [7, 11) is 0. The minimum Gasteiger partial charge on any atom is -0.335 e. The number of carbonyl (C=O) groups excluding carboxylic acids is 1. The van der Waals surface area contributed by atoms with Crippen LogP contribution in [0.2, 0.25) is 0 Å². The summed E-state index contributed by atoms with van der Waals surface area (Å²) in [6.45, 7) is 2.97. The summed E-state index contributed by atoms with van der Waals surface area (Å²) in [5.74, 6) is 1.86. The molecule has 1 aromatic rings. The lowest BCUT2D eigenvalue weighted by molar-refractivity contribution is 0.0693. The number of carbonyl (C=O) groups is 1. The number of aromatic nitrogens is 1. The van der Waals surface area contributed by atoms with Gasteiger partial charge in [0.2, 0.25) is 0 Å². The standard InChI is InChI=1S/C18H26N2OS/c1-12-17(22-16(19-12)11-13-8-9-13)18(21)20-10-4-7-15(20)14-5-2-3-6-14/h13-15H,2-11H2,1H3. The molecule has 0 aromatic carbocycles. The number of likely N-dealkylation sites (tertiary alicyclic amines) is 1. The molecule has 0 radical (unpaired) electrons. The first-order valence-corrected chi connectivity index (χ1v) is 9.81. The third-order valence-electron chi connectivity index (χ3n) is 5.70. The molecule has 0 spiro atoms. The van der Waals surface area contributed by atoms with Crippen molar-refractivity contribution >= 4 is 17.2 Å². The fourth-order valence-corrected chi connectivity index (χ4v) is 5.45. The highest BCUT2D eigenvalue weighted by Crippen LogP contribution is 2.38. The van der Waals surface area contributed by atoms with Crippen molar-refractivity contribution in [3.05, 3.63) is 15.6 Å². The number of nitrogens with zero attached hydrogens (tertiary/aromatic N) is 2. The van der Waals surface area contributed by atoms with E-state index in [2.05, 4.69) is 9.88 Å². The van der Waals surface area contributed by atoms with E-state index in [1.165, 1.54) is 56.4 Å². The van der Waals surface area contributed by atoms with Gasteiger partial charge in [-0.2, -0.15) is 0 Å². The van der Waals surface area contributed by atoms with Crippen LogP contribution in [0.3, 0.4) is 0 Å². The van der Waals surface area contributed by atoms with Crippen LogP contribution >= 0.6 is 11.3 Å². The summed E-state index contributed by atoms with van der Waals surface area (Å²) in [5.41, 5.74) is 0.961. The van der Waals surface area contributed by atoms with Crippen molar-refractivity contribution in [1.29, 1.82) is 0 Å². The van der Waals surface area contributed by atoms with E-state index < -0.39 is 0 Å². The minimum atomic E-state index is 0.270. The molecular weight excluding hydrogens is 292 g/mol. The summed E-state index contributed by atoms with van der Waals surface area (Å²) >= 11 is 1.67. The van der Waals surface area contributed by atoms with Gasteiger partial charge >= 0.3 is 0 Å². The van der Waals surface area contributed by atoms with Crippen molar-refractivity contribution in [3.63, 3.8) is 0 Å². The van der Waals surface area contributed by atoms with Crippen LogP contribution < -0.4 is 0 Å². The average molecular weight is 318 g/mol. The minimum absolute atomic E-state index is 0.270. The maximum Gasteiger partial charge on any atom is 0.266 e. The number of rotatable bonds is 4. The fourth-order valence-electron chi connectivity index (χ4n) is 4.31. The lowest BCUT2D eigenvalue weighted by Gasteiger charge is -2.29. The maximum absolute atomic E-state index is 13.0. The molecule has 0 bridgehead atoms. The zero-order valence-corrected chi connectivity index (χ0v) is 14.3. The molecule has 3 aliphatic rings. The SMILES string of the molecule is Cc1nc(CC2CC2)sc1C(=O)N1CCCC1C1CCCC1. The van der Waals surface area contributed by atoms with Crippen molar-refractivity contribution in [2.75, 3.05) is 6.54 Å². The van der Waals surface area contributed by atoms with Gasteiger partial charge in [0.1, 0.15) is 4.88 Å². The zero-order valence-electron chi connectivity index (χ0n) is 13.5. The quantitative estimate of drug-likeness (QED) is 0.833. The Balaban J connectivity index is 1.51. The van der Waals surface area contributed by atoms with Gasteiger partial charge in [-0.05, 0) is 57.3 Å². The van der Waals surface area contributed by atoms with Gasteiger partial charge in [0.05, 0.1) is 10.7 Å². The Kier molecular flexibility index (Phi) is 3.97. The molecule has 1 unspecified atom stereocenters. The molecule has 120 valence electrons. The molecule has 1 amide bonds. The Morgan fingerprint density at radius 1 is 1.18 bits per heavy atom. The van der Waals surface area contributed by atoms with Gasteiger partial charge in [-0.1, -0.05) is 12.8 Å². The maximum atomic E-state index is 13.0. The van der Waals surface area contributed by atoms with E-state index in [0.717, 1.165) is 35.4 Å². The highest BCUT2D eigenvalue weighted by Gasteiger charge is 2.37. The van der Waals surface area contributed by atoms with Crippen molar-refractivity contribution in [1.82, 2.24) is 9.88 Å². The van der Waals surface area contributed by atoms with Crippen LogP contribution in [0.15, 0.2) is 0 Å². The first-order valence-electron chi connectivity index (χ1n) is 8.99. The van der Waals surface area contributed by atoms with Gasteiger partial charge in [-0.25, -0.2) is 4.98 Å². The van der Waals surface area contributed by atoms with Crippen molar-refractivity contribution in [3.8, 4) is 0 Å². The predicted molar refractivity (Wildman–Crippen MR) is 89.3 cm³/mol. The monoisotopic (exact) mass is 318 g/mol. The lowest BCUT2D eigenvalue weighted by Crippen LogP contribution is -2.39. The van der Waals surface area contributed by atoms with Gasteiger partial charge in [-0.15, -0.1) is 11.3 Å². The van der Waals surface area contributed by atoms with Gasteiger partial charge < -0.3 is 4.90 Å². The Labute approximate surface area is 137 Å². The molecule has 3 fully saturated rings. The highest BCUT2D eigenvalue weighted by atomic mass is 32.1. The summed E-state index contributed by atoms with van der Waals surface area (Å²) in [4.78, 5) is 20.8. The Bertz CT molecular complexity index is 557. The third kappa shape index (κ3) is 2.82. The zero-order chi connectivity index (χ0) is 15.1. The van der Waals surface area contributed by atoms with Gasteiger partial charge in [0, 0.05) is 19.0 Å². The second kappa shape index (κ2) is 5.95. The molecule has 1 saturated heterocycles. The van der Waals surface area contributed by atoms with Crippen LogP contribution in [-0.4, -0.2) is 28.4 Å². The van der Waals surface area contributed by atoms with E-state index in [9.17, 15) is 4.79 Å². The van der Waals surface area contributed by atoms with Crippen LogP contribution in [0.5, 0.6) is 0 Å². The van der Waals surface area contributed by atoms with Gasteiger partial charge in [-0.3, -0.25) is 4.79 Å². The van der Waals surface area contributed by atoms with Gasteiger partial charge in [0.25, 0.3) is 5.91 Å². The molecule has 2 saturated carbocycles.